The second-order valence-electron chi connectivity index (χ2n) is 7.80. The number of unbranched alkanes of at least 4 members (excludes halogenated alkanes) is 1. The third-order valence-corrected chi connectivity index (χ3v) is 5.18. The molecule has 1 saturated heterocycles. The largest absolute Gasteiger partial charge is 0.481 e. The molecule has 0 spiro atoms. The van der Waals surface area contributed by atoms with Crippen molar-refractivity contribution in [3.05, 3.63) is 0 Å². The van der Waals surface area contributed by atoms with Gasteiger partial charge < -0.3 is 42.3 Å². The summed E-state index contributed by atoms with van der Waals surface area (Å²) in [7, 11) is 0. The summed E-state index contributed by atoms with van der Waals surface area (Å²) < 4.78 is 0. The number of hydrogen-bond acceptors (Lipinski definition) is 8. The summed E-state index contributed by atoms with van der Waals surface area (Å²) in [5.41, 5.74) is 11.1. The van der Waals surface area contributed by atoms with E-state index in [2.05, 4.69) is 10.6 Å². The zero-order valence-corrected chi connectivity index (χ0v) is 18.0. The molecule has 0 saturated carbocycles. The number of rotatable bonds is 13. The maximum atomic E-state index is 12.9. The van der Waals surface area contributed by atoms with Crippen LogP contribution in [0.3, 0.4) is 0 Å². The molecule has 0 radical (unpaired) electrons. The molecule has 1 aliphatic heterocycles. The highest BCUT2D eigenvalue weighted by Gasteiger charge is 2.38. The normalized spacial score (nSPS) is 19.5. The van der Waals surface area contributed by atoms with Crippen molar-refractivity contribution in [3.63, 3.8) is 0 Å². The first kappa shape index (κ1) is 27.3. The van der Waals surface area contributed by atoms with Crippen molar-refractivity contribution in [2.45, 2.75) is 75.7 Å². The number of amides is 3. The Labute approximate surface area is 185 Å². The molecule has 1 heterocycles. The van der Waals surface area contributed by atoms with Gasteiger partial charge in [0, 0.05) is 6.54 Å². The third-order valence-electron chi connectivity index (χ3n) is 5.18. The number of carbonyl (C=O) groups is 5. The van der Waals surface area contributed by atoms with E-state index in [1.54, 1.807) is 0 Å². The van der Waals surface area contributed by atoms with E-state index in [1.807, 2.05) is 0 Å². The molecule has 182 valence electrons. The average Bonchev–Trinajstić information content (AvgIpc) is 3.19. The van der Waals surface area contributed by atoms with Gasteiger partial charge in [0.15, 0.2) is 6.04 Å². The molecule has 5 atom stereocenters. The van der Waals surface area contributed by atoms with Crippen LogP contribution in [0.4, 0.5) is 0 Å². The topological polar surface area (TPSA) is 225 Å². The Balaban J connectivity index is 2.91. The van der Waals surface area contributed by atoms with Gasteiger partial charge >= 0.3 is 11.9 Å². The number of carbonyl (C=O) groups excluding carboxylic acids is 3. The first-order valence-electron chi connectivity index (χ1n) is 10.5. The van der Waals surface area contributed by atoms with Gasteiger partial charge in [-0.25, -0.2) is 4.79 Å². The van der Waals surface area contributed by atoms with Crippen LogP contribution in [0.15, 0.2) is 0 Å². The second kappa shape index (κ2) is 12.9. The standard InChI is InChI=1S/C19H33N5O8/c1-10(25)15(19(31)32)23-16(28)12(5-2-3-7-20)22-17(29)13-6-4-8-24(13)18(30)11(21)9-14(26)27/h10-13,15,25H,2-9,20-21H2,1H3,(H,22,29)(H,23,28)(H,26,27)(H,31,32). The summed E-state index contributed by atoms with van der Waals surface area (Å²) in [6.45, 7) is 1.79. The summed E-state index contributed by atoms with van der Waals surface area (Å²) in [4.78, 5) is 61.3. The van der Waals surface area contributed by atoms with Crippen LogP contribution in [0.2, 0.25) is 0 Å². The molecule has 9 N–H and O–H groups in total. The number of aliphatic hydroxyl groups is 1. The van der Waals surface area contributed by atoms with Crippen LogP contribution < -0.4 is 22.1 Å². The molecule has 1 aliphatic rings. The number of likely N-dealkylation sites (tertiary alicyclic amines) is 1. The molecular weight excluding hydrogens is 426 g/mol. The molecule has 13 heteroatoms. The Morgan fingerprint density at radius 3 is 2.31 bits per heavy atom. The minimum absolute atomic E-state index is 0.167. The summed E-state index contributed by atoms with van der Waals surface area (Å²) in [5, 5.41) is 32.4. The first-order valence-corrected chi connectivity index (χ1v) is 10.5. The predicted molar refractivity (Wildman–Crippen MR) is 111 cm³/mol. The van der Waals surface area contributed by atoms with Gasteiger partial charge in [-0.15, -0.1) is 0 Å². The first-order chi connectivity index (χ1) is 15.0. The van der Waals surface area contributed by atoms with Crippen molar-refractivity contribution in [1.82, 2.24) is 15.5 Å². The van der Waals surface area contributed by atoms with Gasteiger partial charge in [0.05, 0.1) is 18.6 Å². The van der Waals surface area contributed by atoms with E-state index < -0.39 is 66.4 Å². The van der Waals surface area contributed by atoms with Crippen LogP contribution in [0.1, 0.15) is 45.4 Å². The molecule has 1 fully saturated rings. The lowest BCUT2D eigenvalue weighted by Crippen LogP contribution is -2.58. The van der Waals surface area contributed by atoms with Gasteiger partial charge in [-0.2, -0.15) is 0 Å². The molecule has 0 bridgehead atoms. The third kappa shape index (κ3) is 8.05. The predicted octanol–water partition coefficient (Wildman–Crippen LogP) is -2.66. The van der Waals surface area contributed by atoms with Gasteiger partial charge in [0.1, 0.15) is 12.1 Å². The highest BCUT2D eigenvalue weighted by molar-refractivity contribution is 5.95. The number of nitrogens with two attached hydrogens (primary N) is 2. The number of carboxylic acids is 2. The molecule has 5 unspecified atom stereocenters. The second-order valence-corrected chi connectivity index (χ2v) is 7.80. The molecule has 32 heavy (non-hydrogen) atoms. The van der Waals surface area contributed by atoms with Gasteiger partial charge in [0.2, 0.25) is 17.7 Å². The highest BCUT2D eigenvalue weighted by Crippen LogP contribution is 2.19. The molecule has 0 aromatic carbocycles. The molecule has 0 aromatic heterocycles. The Hall–Kier alpha value is -2.77. The number of carboxylic acid groups (broad SMARTS) is 2. The van der Waals surface area contributed by atoms with Gasteiger partial charge in [-0.1, -0.05) is 0 Å². The van der Waals surface area contributed by atoms with Crippen LogP contribution in [-0.2, 0) is 24.0 Å². The quantitative estimate of drug-likeness (QED) is 0.141. The Kier molecular flexibility index (Phi) is 11.0. The molecular formula is C19H33N5O8. The molecule has 0 aromatic rings. The summed E-state index contributed by atoms with van der Waals surface area (Å²) in [6.07, 6.45) is 0.0604. The van der Waals surface area contributed by atoms with E-state index in [0.717, 1.165) is 0 Å². The van der Waals surface area contributed by atoms with Crippen molar-refractivity contribution in [1.29, 1.82) is 0 Å². The Morgan fingerprint density at radius 1 is 1.12 bits per heavy atom. The molecule has 3 amide bonds. The molecule has 1 rings (SSSR count). The van der Waals surface area contributed by atoms with Crippen LogP contribution in [0.5, 0.6) is 0 Å². The summed E-state index contributed by atoms with van der Waals surface area (Å²) >= 11 is 0. The van der Waals surface area contributed by atoms with E-state index in [9.17, 15) is 34.2 Å². The number of hydrogen-bond donors (Lipinski definition) is 7. The number of nitrogens with zero attached hydrogens (tertiary/aromatic N) is 1. The Morgan fingerprint density at radius 2 is 1.78 bits per heavy atom. The number of nitrogens with one attached hydrogen (secondary N) is 2. The fraction of sp³-hybridized carbons (Fsp3) is 0.737. The van der Waals surface area contributed by atoms with Crippen molar-refractivity contribution < 1.29 is 39.3 Å². The lowest BCUT2D eigenvalue weighted by molar-refractivity contribution is -0.145. The van der Waals surface area contributed by atoms with Crippen molar-refractivity contribution in [3.8, 4) is 0 Å². The molecule has 13 nitrogen and oxygen atoms in total. The zero-order valence-electron chi connectivity index (χ0n) is 18.0. The van der Waals surface area contributed by atoms with E-state index >= 15 is 0 Å². The minimum atomic E-state index is -1.56. The van der Waals surface area contributed by atoms with E-state index in [4.69, 9.17) is 16.6 Å². The van der Waals surface area contributed by atoms with Crippen LogP contribution >= 0.6 is 0 Å². The highest BCUT2D eigenvalue weighted by atomic mass is 16.4. The lowest BCUT2D eigenvalue weighted by Gasteiger charge is -2.28. The van der Waals surface area contributed by atoms with Gasteiger partial charge in [0.25, 0.3) is 0 Å². The van der Waals surface area contributed by atoms with Crippen LogP contribution in [-0.4, -0.2) is 93.2 Å². The summed E-state index contributed by atoms with van der Waals surface area (Å²) in [6, 6.07) is -4.90. The lowest BCUT2D eigenvalue weighted by atomic mass is 10.1. The van der Waals surface area contributed by atoms with Crippen LogP contribution in [0.25, 0.3) is 0 Å². The number of aliphatic hydroxyl groups excluding tert-OH is 1. The zero-order chi connectivity index (χ0) is 24.4. The monoisotopic (exact) mass is 459 g/mol. The van der Waals surface area contributed by atoms with Gasteiger partial charge in [-0.3, -0.25) is 19.2 Å². The number of aliphatic carboxylic acids is 2. The van der Waals surface area contributed by atoms with E-state index in [1.165, 1.54) is 11.8 Å². The average molecular weight is 460 g/mol. The summed E-state index contributed by atoms with van der Waals surface area (Å²) in [5.74, 6) is -4.76. The van der Waals surface area contributed by atoms with Crippen molar-refractivity contribution in [2.75, 3.05) is 13.1 Å². The SMILES string of the molecule is CC(O)C(NC(=O)C(CCCCN)NC(=O)C1CCCN1C(=O)C(N)CC(=O)O)C(=O)O. The maximum absolute atomic E-state index is 12.9. The smallest absolute Gasteiger partial charge is 0.328 e. The fourth-order valence-electron chi connectivity index (χ4n) is 3.46. The minimum Gasteiger partial charge on any atom is -0.481 e. The van der Waals surface area contributed by atoms with Crippen LogP contribution in [0, 0.1) is 0 Å². The maximum Gasteiger partial charge on any atom is 0.328 e. The Bertz CT molecular complexity index is 701. The molecule has 0 aliphatic carbocycles. The van der Waals surface area contributed by atoms with Gasteiger partial charge in [-0.05, 0) is 45.6 Å². The fourth-order valence-corrected chi connectivity index (χ4v) is 3.46. The van der Waals surface area contributed by atoms with E-state index in [-0.39, 0.29) is 13.0 Å². The van der Waals surface area contributed by atoms with Crippen molar-refractivity contribution >= 4 is 29.7 Å². The van der Waals surface area contributed by atoms with Crippen molar-refractivity contribution in [2.24, 2.45) is 11.5 Å². The van der Waals surface area contributed by atoms with E-state index in [0.29, 0.717) is 32.2 Å².